The van der Waals surface area contributed by atoms with Gasteiger partial charge in [-0.05, 0) is 48.2 Å². The standard InChI is InChI=1S/C20H21ClFN5O3S/c21-20-25-16-7-6-15(24-18(16)19(26-20)27-9-11-30-12-10-27)14-5-1-3-13(17(14)22)4-2-8-23-31(28)29/h1,3,5-7,31H,2,4,8-12H2,(H,23,28,29). The number of benzene rings is 1. The largest absolute Gasteiger partial charge is 0.378 e. The van der Waals surface area contributed by atoms with Crippen LogP contribution in [0.15, 0.2) is 30.3 Å². The summed E-state index contributed by atoms with van der Waals surface area (Å²) in [6, 6.07) is 8.60. The molecule has 0 atom stereocenters. The van der Waals surface area contributed by atoms with E-state index in [1.807, 2.05) is 4.90 Å². The zero-order chi connectivity index (χ0) is 21.8. The summed E-state index contributed by atoms with van der Waals surface area (Å²) in [6.07, 6.45) is 0.892. The molecular formula is C20H21ClFN5O3S. The second kappa shape index (κ2) is 9.82. The second-order valence-corrected chi connectivity index (χ2v) is 8.20. The van der Waals surface area contributed by atoms with E-state index in [0.29, 0.717) is 72.8 Å². The lowest BCUT2D eigenvalue weighted by atomic mass is 10.0. The van der Waals surface area contributed by atoms with Crippen molar-refractivity contribution < 1.29 is 17.5 Å². The predicted octanol–water partition coefficient (Wildman–Crippen LogP) is 2.37. The van der Waals surface area contributed by atoms with E-state index >= 15 is 4.39 Å². The molecule has 1 fully saturated rings. The molecule has 0 amide bonds. The second-order valence-electron chi connectivity index (χ2n) is 7.03. The molecule has 31 heavy (non-hydrogen) atoms. The van der Waals surface area contributed by atoms with E-state index in [-0.39, 0.29) is 17.6 Å². The van der Waals surface area contributed by atoms with Crippen LogP contribution in [0.3, 0.4) is 0 Å². The molecule has 11 heteroatoms. The molecule has 0 unspecified atom stereocenters. The number of ether oxygens (including phenoxy) is 1. The minimum Gasteiger partial charge on any atom is -0.378 e. The summed E-state index contributed by atoms with van der Waals surface area (Å²) < 4.78 is 44.1. The lowest BCUT2D eigenvalue weighted by Gasteiger charge is -2.28. The first-order chi connectivity index (χ1) is 15.0. The highest BCUT2D eigenvalue weighted by molar-refractivity contribution is 7.70. The Kier molecular flexibility index (Phi) is 6.91. The molecule has 3 aromatic rings. The third kappa shape index (κ3) is 5.09. The SMILES string of the molecule is O=[SH](=O)NCCCc1cccc(-c2ccc3nc(Cl)nc(N4CCOCC4)c3n2)c1F. The highest BCUT2D eigenvalue weighted by Gasteiger charge is 2.19. The fourth-order valence-electron chi connectivity index (χ4n) is 3.54. The zero-order valence-corrected chi connectivity index (χ0v) is 18.2. The van der Waals surface area contributed by atoms with Gasteiger partial charge >= 0.3 is 0 Å². The van der Waals surface area contributed by atoms with Crippen molar-refractivity contribution in [1.82, 2.24) is 19.7 Å². The molecular weight excluding hydrogens is 445 g/mol. The van der Waals surface area contributed by atoms with Gasteiger partial charge < -0.3 is 9.64 Å². The van der Waals surface area contributed by atoms with E-state index in [2.05, 4.69) is 19.7 Å². The van der Waals surface area contributed by atoms with Gasteiger partial charge in [0.1, 0.15) is 11.3 Å². The fourth-order valence-corrected chi connectivity index (χ4v) is 4.05. The summed E-state index contributed by atoms with van der Waals surface area (Å²) in [7, 11) is -2.65. The van der Waals surface area contributed by atoms with E-state index in [9.17, 15) is 8.42 Å². The van der Waals surface area contributed by atoms with Crippen molar-refractivity contribution in [3.63, 3.8) is 0 Å². The first-order valence-electron chi connectivity index (χ1n) is 9.85. The number of aromatic nitrogens is 3. The van der Waals surface area contributed by atoms with Crippen molar-refractivity contribution in [3.05, 3.63) is 47.0 Å². The summed E-state index contributed by atoms with van der Waals surface area (Å²) in [5, 5.41) is 0.130. The molecule has 1 N–H and O–H groups in total. The molecule has 4 rings (SSSR count). The van der Waals surface area contributed by atoms with Crippen LogP contribution in [0.25, 0.3) is 22.3 Å². The number of halogens is 2. The monoisotopic (exact) mass is 465 g/mol. The van der Waals surface area contributed by atoms with E-state index in [4.69, 9.17) is 16.3 Å². The van der Waals surface area contributed by atoms with Crippen molar-refractivity contribution in [2.24, 2.45) is 0 Å². The highest BCUT2D eigenvalue weighted by Crippen LogP contribution is 2.30. The number of pyridine rings is 1. The van der Waals surface area contributed by atoms with E-state index in [1.54, 1.807) is 30.3 Å². The fraction of sp³-hybridized carbons (Fsp3) is 0.350. The minimum absolute atomic E-state index is 0.130. The third-order valence-corrected chi connectivity index (χ3v) is 5.68. The van der Waals surface area contributed by atoms with Crippen LogP contribution in [0.2, 0.25) is 5.28 Å². The number of thiol groups is 1. The molecule has 164 valence electrons. The Labute approximate surface area is 185 Å². The summed E-state index contributed by atoms with van der Waals surface area (Å²) in [5.74, 6) is 0.234. The van der Waals surface area contributed by atoms with Crippen LogP contribution in [0, 0.1) is 5.82 Å². The topological polar surface area (TPSA) is 97.3 Å². The van der Waals surface area contributed by atoms with E-state index in [1.165, 1.54) is 0 Å². The van der Waals surface area contributed by atoms with Gasteiger partial charge in [0.2, 0.25) is 16.2 Å². The van der Waals surface area contributed by atoms with Crippen molar-refractivity contribution >= 4 is 39.3 Å². The van der Waals surface area contributed by atoms with Crippen LogP contribution in [0.5, 0.6) is 0 Å². The quantitative estimate of drug-likeness (QED) is 0.314. The van der Waals surface area contributed by atoms with Gasteiger partial charge in [0, 0.05) is 25.2 Å². The Morgan fingerprint density at radius 1 is 1.13 bits per heavy atom. The first-order valence-corrected chi connectivity index (χ1v) is 11.4. The molecule has 0 radical (unpaired) electrons. The van der Waals surface area contributed by atoms with Gasteiger partial charge in [0.05, 0.1) is 24.4 Å². The van der Waals surface area contributed by atoms with Gasteiger partial charge in [0.25, 0.3) is 0 Å². The van der Waals surface area contributed by atoms with Crippen molar-refractivity contribution in [2.75, 3.05) is 37.7 Å². The van der Waals surface area contributed by atoms with Crippen LogP contribution in [-0.4, -0.2) is 56.2 Å². The molecule has 1 aromatic carbocycles. The zero-order valence-electron chi connectivity index (χ0n) is 16.6. The minimum atomic E-state index is -2.65. The molecule has 0 aliphatic carbocycles. The van der Waals surface area contributed by atoms with Gasteiger partial charge in [-0.2, -0.15) is 4.98 Å². The normalized spacial score (nSPS) is 14.5. The van der Waals surface area contributed by atoms with E-state index in [0.717, 1.165) is 0 Å². The van der Waals surface area contributed by atoms with Gasteiger partial charge in [-0.1, -0.05) is 12.1 Å². The molecule has 2 aromatic heterocycles. The van der Waals surface area contributed by atoms with Crippen LogP contribution >= 0.6 is 11.6 Å². The molecule has 0 spiro atoms. The molecule has 8 nitrogen and oxygen atoms in total. The van der Waals surface area contributed by atoms with Crippen LogP contribution in [0.4, 0.5) is 10.2 Å². The Morgan fingerprint density at radius 2 is 1.94 bits per heavy atom. The lowest BCUT2D eigenvalue weighted by molar-refractivity contribution is 0.122. The number of anilines is 1. The smallest absolute Gasteiger partial charge is 0.225 e. The van der Waals surface area contributed by atoms with Gasteiger partial charge in [-0.3, -0.25) is 0 Å². The third-order valence-electron chi connectivity index (χ3n) is 5.03. The Hall–Kier alpha value is -2.40. The van der Waals surface area contributed by atoms with Gasteiger partial charge in [0.15, 0.2) is 5.82 Å². The van der Waals surface area contributed by atoms with E-state index < -0.39 is 10.9 Å². The summed E-state index contributed by atoms with van der Waals surface area (Å²) in [6.45, 7) is 2.73. The Bertz CT molecular complexity index is 1160. The molecule has 0 saturated carbocycles. The summed E-state index contributed by atoms with van der Waals surface area (Å²) >= 11 is 6.11. The molecule has 1 saturated heterocycles. The average Bonchev–Trinajstić information content (AvgIpc) is 2.77. The van der Waals surface area contributed by atoms with Crippen LogP contribution in [-0.2, 0) is 22.0 Å². The summed E-state index contributed by atoms with van der Waals surface area (Å²) in [4.78, 5) is 15.4. The number of nitrogens with zero attached hydrogens (tertiary/aromatic N) is 4. The molecule has 1 aliphatic heterocycles. The van der Waals surface area contributed by atoms with Crippen molar-refractivity contribution in [1.29, 1.82) is 0 Å². The number of hydrogen-bond donors (Lipinski definition) is 2. The predicted molar refractivity (Wildman–Crippen MR) is 117 cm³/mol. The molecule has 0 bridgehead atoms. The van der Waals surface area contributed by atoms with Gasteiger partial charge in [-0.15, -0.1) is 0 Å². The number of rotatable bonds is 7. The Morgan fingerprint density at radius 3 is 2.71 bits per heavy atom. The average molecular weight is 466 g/mol. The number of hydrogen-bond acceptors (Lipinski definition) is 7. The number of nitrogens with one attached hydrogen (secondary N) is 1. The number of fused-ring (bicyclic) bond motifs is 1. The Balaban J connectivity index is 1.68. The molecule has 1 aliphatic rings. The number of morpholine rings is 1. The maximum atomic E-state index is 15.2. The lowest BCUT2D eigenvalue weighted by Crippen LogP contribution is -2.37. The maximum Gasteiger partial charge on any atom is 0.225 e. The first kappa shape index (κ1) is 21.8. The van der Waals surface area contributed by atoms with Crippen LogP contribution < -0.4 is 9.62 Å². The van der Waals surface area contributed by atoms with Crippen LogP contribution in [0.1, 0.15) is 12.0 Å². The highest BCUT2D eigenvalue weighted by atomic mass is 35.5. The molecule has 3 heterocycles. The maximum absolute atomic E-state index is 15.2. The van der Waals surface area contributed by atoms with Crippen molar-refractivity contribution in [3.8, 4) is 11.3 Å². The van der Waals surface area contributed by atoms with Crippen molar-refractivity contribution in [2.45, 2.75) is 12.8 Å². The number of aryl methyl sites for hydroxylation is 1. The van der Waals surface area contributed by atoms with Gasteiger partial charge in [-0.25, -0.2) is 27.5 Å². The summed E-state index contributed by atoms with van der Waals surface area (Å²) in [5.41, 5.74) is 2.47.